The molecule has 0 radical (unpaired) electrons. The van der Waals surface area contributed by atoms with Crippen LogP contribution in [0, 0.1) is 5.92 Å². The van der Waals surface area contributed by atoms with Crippen molar-refractivity contribution < 1.29 is 0 Å². The third kappa shape index (κ3) is 2.27. The molecule has 0 aliphatic carbocycles. The number of nitrogens with one attached hydrogen (secondary N) is 2. The van der Waals surface area contributed by atoms with Crippen molar-refractivity contribution in [2.75, 3.05) is 29.1 Å². The molecule has 2 rings (SSSR count). The smallest absolute Gasteiger partial charge is 0.243 e. The molecule has 4 N–H and O–H groups in total. The first kappa shape index (κ1) is 8.68. The Morgan fingerprint density at radius 2 is 2.62 bits per heavy atom. The topological polar surface area (TPSA) is 79.6 Å². The second-order valence-electron chi connectivity index (χ2n) is 3.15. The van der Waals surface area contributed by atoms with Gasteiger partial charge in [0, 0.05) is 6.54 Å². The molecule has 5 nitrogen and oxygen atoms in total. The normalized spacial score (nSPS) is 22.0. The number of hydrogen-bond donors (Lipinski definition) is 3. The van der Waals surface area contributed by atoms with Crippen LogP contribution in [-0.2, 0) is 0 Å². The minimum Gasteiger partial charge on any atom is -0.368 e. The van der Waals surface area contributed by atoms with Gasteiger partial charge in [-0.1, -0.05) is 0 Å². The first-order valence-corrected chi connectivity index (χ1v) is 5.49. The fourth-order valence-corrected chi connectivity index (χ4v) is 2.62. The number of nitrogen functional groups attached to an aromatic ring is 1. The van der Waals surface area contributed by atoms with Gasteiger partial charge in [0.2, 0.25) is 11.9 Å². The quantitative estimate of drug-likeness (QED) is 0.662. The largest absolute Gasteiger partial charge is 0.368 e. The fraction of sp³-hybridized carbons (Fsp3) is 0.714. The molecule has 0 bridgehead atoms. The van der Waals surface area contributed by atoms with Crippen molar-refractivity contribution in [1.82, 2.24) is 15.2 Å². The van der Waals surface area contributed by atoms with E-state index in [1.807, 2.05) is 11.8 Å². The van der Waals surface area contributed by atoms with Crippen molar-refractivity contribution in [3.05, 3.63) is 0 Å². The molecule has 6 heteroatoms. The van der Waals surface area contributed by atoms with E-state index in [9.17, 15) is 0 Å². The summed E-state index contributed by atoms with van der Waals surface area (Å²) in [6, 6.07) is 0. The number of hydrogen-bond acceptors (Lipinski definition) is 5. The summed E-state index contributed by atoms with van der Waals surface area (Å²) in [6.07, 6.45) is 1.29. The van der Waals surface area contributed by atoms with E-state index in [2.05, 4.69) is 20.5 Å². The maximum atomic E-state index is 5.39. The van der Waals surface area contributed by atoms with Crippen LogP contribution in [0.4, 0.5) is 11.9 Å². The van der Waals surface area contributed by atoms with E-state index in [-0.39, 0.29) is 0 Å². The van der Waals surface area contributed by atoms with E-state index in [4.69, 9.17) is 5.73 Å². The molecule has 0 aromatic carbocycles. The van der Waals surface area contributed by atoms with Gasteiger partial charge in [0.05, 0.1) is 0 Å². The van der Waals surface area contributed by atoms with Crippen LogP contribution >= 0.6 is 11.8 Å². The Morgan fingerprint density at radius 1 is 1.69 bits per heavy atom. The third-order valence-electron chi connectivity index (χ3n) is 2.08. The van der Waals surface area contributed by atoms with Gasteiger partial charge in [-0.2, -0.15) is 16.7 Å². The average molecular weight is 199 g/mol. The highest BCUT2D eigenvalue weighted by molar-refractivity contribution is 7.99. The predicted molar refractivity (Wildman–Crippen MR) is 54.7 cm³/mol. The van der Waals surface area contributed by atoms with Gasteiger partial charge in [0.1, 0.15) is 0 Å². The Labute approximate surface area is 80.9 Å². The zero-order valence-electron chi connectivity index (χ0n) is 7.29. The van der Waals surface area contributed by atoms with Gasteiger partial charge < -0.3 is 11.1 Å². The van der Waals surface area contributed by atoms with Crippen LogP contribution in [0.3, 0.4) is 0 Å². The van der Waals surface area contributed by atoms with Crippen LogP contribution in [0.2, 0.25) is 0 Å². The molecule has 1 atom stereocenters. The van der Waals surface area contributed by atoms with Crippen LogP contribution < -0.4 is 11.1 Å². The molecule has 1 aromatic rings. The maximum Gasteiger partial charge on any atom is 0.243 e. The zero-order chi connectivity index (χ0) is 9.10. The van der Waals surface area contributed by atoms with Crippen molar-refractivity contribution in [2.45, 2.75) is 6.42 Å². The highest BCUT2D eigenvalue weighted by atomic mass is 32.2. The highest BCUT2D eigenvalue weighted by Crippen LogP contribution is 2.23. The molecule has 1 aromatic heterocycles. The highest BCUT2D eigenvalue weighted by Gasteiger charge is 2.15. The summed E-state index contributed by atoms with van der Waals surface area (Å²) in [5.74, 6) is 4.25. The summed E-state index contributed by atoms with van der Waals surface area (Å²) in [5, 5.41) is 9.65. The standard InChI is InChI=1S/C7H13N5S/c8-6-10-7(12-11-6)9-3-5-1-2-13-4-5/h5H,1-4H2,(H4,8,9,10,11,12). The number of aromatic amines is 1. The van der Waals surface area contributed by atoms with E-state index in [1.54, 1.807) is 0 Å². The van der Waals surface area contributed by atoms with E-state index in [0.29, 0.717) is 11.9 Å². The second kappa shape index (κ2) is 3.87. The first-order chi connectivity index (χ1) is 6.34. The molecular weight excluding hydrogens is 186 g/mol. The summed E-state index contributed by atoms with van der Waals surface area (Å²) in [4.78, 5) is 3.96. The maximum absolute atomic E-state index is 5.39. The van der Waals surface area contributed by atoms with Gasteiger partial charge in [0.15, 0.2) is 0 Å². The minimum atomic E-state index is 0.364. The Hall–Kier alpha value is -0.910. The van der Waals surface area contributed by atoms with Crippen molar-refractivity contribution in [2.24, 2.45) is 5.92 Å². The van der Waals surface area contributed by atoms with Gasteiger partial charge in [-0.25, -0.2) is 5.10 Å². The lowest BCUT2D eigenvalue weighted by atomic mass is 10.1. The summed E-state index contributed by atoms with van der Waals surface area (Å²) < 4.78 is 0. The van der Waals surface area contributed by atoms with Crippen LogP contribution in [0.1, 0.15) is 6.42 Å². The molecule has 2 heterocycles. The van der Waals surface area contributed by atoms with E-state index in [0.717, 1.165) is 12.5 Å². The monoisotopic (exact) mass is 199 g/mol. The lowest BCUT2D eigenvalue weighted by Crippen LogP contribution is -2.14. The Bertz CT molecular complexity index is 268. The molecule has 1 fully saturated rings. The van der Waals surface area contributed by atoms with Crippen molar-refractivity contribution in [3.8, 4) is 0 Å². The Balaban J connectivity index is 1.78. The average Bonchev–Trinajstić information content (AvgIpc) is 2.71. The fourth-order valence-electron chi connectivity index (χ4n) is 1.33. The minimum absolute atomic E-state index is 0.364. The molecule has 1 aliphatic rings. The second-order valence-corrected chi connectivity index (χ2v) is 4.30. The molecule has 0 amide bonds. The van der Waals surface area contributed by atoms with E-state index >= 15 is 0 Å². The number of H-pyrrole nitrogens is 1. The Kier molecular flexibility index (Phi) is 2.58. The van der Waals surface area contributed by atoms with Gasteiger partial charge in [-0.05, 0) is 23.8 Å². The van der Waals surface area contributed by atoms with Crippen molar-refractivity contribution in [3.63, 3.8) is 0 Å². The molecule has 13 heavy (non-hydrogen) atoms. The van der Waals surface area contributed by atoms with Gasteiger partial charge in [0.25, 0.3) is 0 Å². The molecule has 72 valence electrons. The first-order valence-electron chi connectivity index (χ1n) is 4.34. The number of rotatable bonds is 3. The molecule has 1 unspecified atom stereocenters. The van der Waals surface area contributed by atoms with Crippen LogP contribution in [0.15, 0.2) is 0 Å². The van der Waals surface area contributed by atoms with Crippen molar-refractivity contribution >= 4 is 23.7 Å². The summed E-state index contributed by atoms with van der Waals surface area (Å²) in [5.41, 5.74) is 5.39. The SMILES string of the molecule is Nc1nc(NCC2CCSC2)n[nH]1. The lowest BCUT2D eigenvalue weighted by Gasteiger charge is -2.07. The number of anilines is 2. The van der Waals surface area contributed by atoms with Crippen LogP contribution in [-0.4, -0.2) is 33.2 Å². The third-order valence-corrected chi connectivity index (χ3v) is 3.31. The van der Waals surface area contributed by atoms with Gasteiger partial charge >= 0.3 is 0 Å². The summed E-state index contributed by atoms with van der Waals surface area (Å²) in [6.45, 7) is 0.949. The molecular formula is C7H13N5S. The van der Waals surface area contributed by atoms with Crippen LogP contribution in [0.5, 0.6) is 0 Å². The van der Waals surface area contributed by atoms with E-state index in [1.165, 1.54) is 17.9 Å². The summed E-state index contributed by atoms with van der Waals surface area (Å²) >= 11 is 2.01. The zero-order valence-corrected chi connectivity index (χ0v) is 8.10. The van der Waals surface area contributed by atoms with Gasteiger partial charge in [-0.15, -0.1) is 5.10 Å². The molecule has 1 saturated heterocycles. The van der Waals surface area contributed by atoms with Crippen molar-refractivity contribution in [1.29, 1.82) is 0 Å². The number of nitrogens with zero attached hydrogens (tertiary/aromatic N) is 2. The molecule has 1 aliphatic heterocycles. The van der Waals surface area contributed by atoms with E-state index < -0.39 is 0 Å². The number of nitrogens with two attached hydrogens (primary N) is 1. The molecule has 0 spiro atoms. The number of thioether (sulfide) groups is 1. The van der Waals surface area contributed by atoms with Gasteiger partial charge in [-0.3, -0.25) is 0 Å². The summed E-state index contributed by atoms with van der Waals surface area (Å²) in [7, 11) is 0. The molecule has 0 saturated carbocycles. The Morgan fingerprint density at radius 3 is 3.23 bits per heavy atom. The predicted octanol–water partition coefficient (Wildman–Crippen LogP) is 0.552. The van der Waals surface area contributed by atoms with Crippen LogP contribution in [0.25, 0.3) is 0 Å². The lowest BCUT2D eigenvalue weighted by molar-refractivity contribution is 0.629. The number of aromatic nitrogens is 3.